The van der Waals surface area contributed by atoms with E-state index < -0.39 is 0 Å². The highest BCUT2D eigenvalue weighted by molar-refractivity contribution is 5.14. The Bertz CT molecular complexity index is 284. The van der Waals surface area contributed by atoms with E-state index in [-0.39, 0.29) is 6.04 Å². The van der Waals surface area contributed by atoms with Crippen molar-refractivity contribution in [2.75, 3.05) is 0 Å². The lowest BCUT2D eigenvalue weighted by Crippen LogP contribution is -2.17. The number of nitrogens with zero attached hydrogens (tertiary/aromatic N) is 1. The molecule has 0 aromatic carbocycles. The van der Waals surface area contributed by atoms with Gasteiger partial charge in [-0.25, -0.2) is 0 Å². The molecule has 1 aliphatic rings. The maximum absolute atomic E-state index is 5.74. The van der Waals surface area contributed by atoms with Crippen molar-refractivity contribution in [3.05, 3.63) is 17.5 Å². The lowest BCUT2D eigenvalue weighted by molar-refractivity contribution is 0.691. The molecule has 0 aliphatic heterocycles. The fourth-order valence-electron chi connectivity index (χ4n) is 2.26. The Morgan fingerprint density at radius 1 is 1.57 bits per heavy atom. The number of aromatic nitrogens is 2. The highest BCUT2D eigenvalue weighted by Gasteiger charge is 2.19. The van der Waals surface area contributed by atoms with E-state index in [1.165, 1.54) is 37.1 Å². The Morgan fingerprint density at radius 3 is 2.93 bits per heavy atom. The molecule has 78 valence electrons. The van der Waals surface area contributed by atoms with Gasteiger partial charge in [-0.3, -0.25) is 5.10 Å². The second kappa shape index (κ2) is 4.13. The van der Waals surface area contributed by atoms with Crippen LogP contribution in [0.25, 0.3) is 0 Å². The topological polar surface area (TPSA) is 54.7 Å². The van der Waals surface area contributed by atoms with E-state index in [1.54, 1.807) is 0 Å². The number of rotatable bonds is 3. The van der Waals surface area contributed by atoms with E-state index >= 15 is 0 Å². The van der Waals surface area contributed by atoms with Crippen LogP contribution in [-0.4, -0.2) is 16.2 Å². The van der Waals surface area contributed by atoms with Gasteiger partial charge in [0.2, 0.25) is 0 Å². The van der Waals surface area contributed by atoms with E-state index in [9.17, 15) is 0 Å². The Balaban J connectivity index is 2.01. The molecule has 1 atom stereocenters. The summed E-state index contributed by atoms with van der Waals surface area (Å²) in [6, 6.07) is 2.41. The third kappa shape index (κ3) is 2.15. The number of nitrogens with two attached hydrogens (primary N) is 1. The van der Waals surface area contributed by atoms with Crippen LogP contribution in [0.1, 0.15) is 49.9 Å². The number of nitrogens with one attached hydrogen (secondary N) is 1. The number of H-pyrrole nitrogens is 1. The molecule has 1 aromatic heterocycles. The van der Waals surface area contributed by atoms with Gasteiger partial charge in [-0.15, -0.1) is 0 Å². The lowest BCUT2D eigenvalue weighted by atomic mass is 10.0. The van der Waals surface area contributed by atoms with Crippen molar-refractivity contribution < 1.29 is 0 Å². The van der Waals surface area contributed by atoms with Crippen molar-refractivity contribution >= 4 is 0 Å². The van der Waals surface area contributed by atoms with Crippen molar-refractivity contribution in [3.63, 3.8) is 0 Å². The molecule has 0 spiro atoms. The van der Waals surface area contributed by atoms with E-state index in [1.807, 2.05) is 6.92 Å². The molecule has 1 saturated carbocycles. The molecule has 3 nitrogen and oxygen atoms in total. The lowest BCUT2D eigenvalue weighted by Gasteiger charge is -2.02. The maximum Gasteiger partial charge on any atom is 0.0655 e. The molecule has 1 aliphatic carbocycles. The standard InChI is InChI=1S/C11H19N3/c1-8(12)6-10-7-11(14-13-10)9-4-2-3-5-9/h7-9H,2-6,12H2,1H3,(H,13,14). The minimum absolute atomic E-state index is 0.215. The van der Waals surface area contributed by atoms with Crippen molar-refractivity contribution in [2.24, 2.45) is 5.73 Å². The van der Waals surface area contributed by atoms with Gasteiger partial charge in [0.1, 0.15) is 0 Å². The Kier molecular flexibility index (Phi) is 2.87. The van der Waals surface area contributed by atoms with Crippen molar-refractivity contribution in [2.45, 2.75) is 51.0 Å². The van der Waals surface area contributed by atoms with Crippen LogP contribution in [0.4, 0.5) is 0 Å². The highest BCUT2D eigenvalue weighted by Crippen LogP contribution is 2.33. The van der Waals surface area contributed by atoms with Crippen LogP contribution in [0.5, 0.6) is 0 Å². The van der Waals surface area contributed by atoms with Gasteiger partial charge in [0.15, 0.2) is 0 Å². The quantitative estimate of drug-likeness (QED) is 0.771. The number of aromatic amines is 1. The molecule has 0 bridgehead atoms. The Labute approximate surface area is 85.1 Å². The zero-order valence-electron chi connectivity index (χ0n) is 8.79. The van der Waals surface area contributed by atoms with E-state index in [2.05, 4.69) is 16.3 Å². The van der Waals surface area contributed by atoms with Gasteiger partial charge in [-0.2, -0.15) is 5.10 Å². The monoisotopic (exact) mass is 193 g/mol. The number of hydrogen-bond donors (Lipinski definition) is 2. The van der Waals surface area contributed by atoms with E-state index in [4.69, 9.17) is 5.73 Å². The summed E-state index contributed by atoms with van der Waals surface area (Å²) < 4.78 is 0. The van der Waals surface area contributed by atoms with Gasteiger partial charge >= 0.3 is 0 Å². The molecular weight excluding hydrogens is 174 g/mol. The van der Waals surface area contributed by atoms with Crippen LogP contribution in [0.2, 0.25) is 0 Å². The van der Waals surface area contributed by atoms with Crippen LogP contribution in [0.15, 0.2) is 6.07 Å². The van der Waals surface area contributed by atoms with Crippen LogP contribution in [-0.2, 0) is 6.42 Å². The van der Waals surface area contributed by atoms with Gasteiger partial charge in [0.05, 0.1) is 5.69 Å². The van der Waals surface area contributed by atoms with Crippen LogP contribution in [0, 0.1) is 0 Å². The SMILES string of the molecule is CC(N)Cc1cc(C2CCCC2)n[nH]1. The minimum Gasteiger partial charge on any atom is -0.328 e. The zero-order valence-corrected chi connectivity index (χ0v) is 8.79. The van der Waals surface area contributed by atoms with Gasteiger partial charge in [0.25, 0.3) is 0 Å². The normalized spacial score (nSPS) is 20.1. The molecular formula is C11H19N3. The fourth-order valence-corrected chi connectivity index (χ4v) is 2.26. The molecule has 1 fully saturated rings. The Hall–Kier alpha value is -0.830. The molecule has 1 aromatic rings. The summed E-state index contributed by atoms with van der Waals surface area (Å²) in [5, 5.41) is 7.45. The zero-order chi connectivity index (χ0) is 9.97. The summed E-state index contributed by atoms with van der Waals surface area (Å²) >= 11 is 0. The van der Waals surface area contributed by atoms with Gasteiger partial charge in [-0.05, 0) is 25.8 Å². The predicted molar refractivity (Wildman–Crippen MR) is 57.2 cm³/mol. The molecule has 0 amide bonds. The molecule has 1 unspecified atom stereocenters. The molecule has 14 heavy (non-hydrogen) atoms. The minimum atomic E-state index is 0.215. The predicted octanol–water partition coefficient (Wildman–Crippen LogP) is 1.96. The summed E-state index contributed by atoms with van der Waals surface area (Å²) in [5.41, 5.74) is 8.17. The largest absolute Gasteiger partial charge is 0.328 e. The summed E-state index contributed by atoms with van der Waals surface area (Å²) in [4.78, 5) is 0. The third-order valence-electron chi connectivity index (χ3n) is 2.97. The molecule has 2 rings (SSSR count). The second-order valence-electron chi connectivity index (χ2n) is 4.48. The third-order valence-corrected chi connectivity index (χ3v) is 2.97. The first kappa shape index (κ1) is 9.71. The summed E-state index contributed by atoms with van der Waals surface area (Å²) in [6.45, 7) is 2.02. The molecule has 3 N–H and O–H groups in total. The van der Waals surface area contributed by atoms with Crippen molar-refractivity contribution in [1.82, 2.24) is 10.2 Å². The molecule has 0 radical (unpaired) electrons. The summed E-state index contributed by atoms with van der Waals surface area (Å²) in [5.74, 6) is 0.702. The highest BCUT2D eigenvalue weighted by atomic mass is 15.1. The van der Waals surface area contributed by atoms with E-state index in [0.717, 1.165) is 6.42 Å². The van der Waals surface area contributed by atoms with Crippen LogP contribution >= 0.6 is 0 Å². The molecule has 0 saturated heterocycles. The summed E-state index contributed by atoms with van der Waals surface area (Å²) in [6.07, 6.45) is 6.24. The van der Waals surface area contributed by atoms with E-state index in [0.29, 0.717) is 5.92 Å². The van der Waals surface area contributed by atoms with Crippen molar-refractivity contribution in [3.8, 4) is 0 Å². The first-order chi connectivity index (χ1) is 6.75. The maximum atomic E-state index is 5.74. The van der Waals surface area contributed by atoms with Crippen LogP contribution in [0.3, 0.4) is 0 Å². The van der Waals surface area contributed by atoms with Gasteiger partial charge in [0, 0.05) is 24.1 Å². The smallest absolute Gasteiger partial charge is 0.0655 e. The first-order valence-corrected chi connectivity index (χ1v) is 5.55. The van der Waals surface area contributed by atoms with Crippen LogP contribution < -0.4 is 5.73 Å². The fraction of sp³-hybridized carbons (Fsp3) is 0.727. The average molecular weight is 193 g/mol. The van der Waals surface area contributed by atoms with Gasteiger partial charge in [-0.1, -0.05) is 12.8 Å². The Morgan fingerprint density at radius 2 is 2.29 bits per heavy atom. The van der Waals surface area contributed by atoms with Crippen molar-refractivity contribution in [1.29, 1.82) is 0 Å². The second-order valence-corrected chi connectivity index (χ2v) is 4.48. The number of hydrogen-bond acceptors (Lipinski definition) is 2. The average Bonchev–Trinajstić information content (AvgIpc) is 2.69. The summed E-state index contributed by atoms with van der Waals surface area (Å²) in [7, 11) is 0. The molecule has 1 heterocycles. The first-order valence-electron chi connectivity index (χ1n) is 5.55. The molecule has 3 heteroatoms. The van der Waals surface area contributed by atoms with Gasteiger partial charge < -0.3 is 5.73 Å².